The fourth-order valence-corrected chi connectivity index (χ4v) is 3.26. The van der Waals surface area contributed by atoms with Crippen LogP contribution in [0.4, 0.5) is 18.9 Å². The van der Waals surface area contributed by atoms with E-state index in [1.54, 1.807) is 24.3 Å². The van der Waals surface area contributed by atoms with Crippen molar-refractivity contribution in [2.75, 3.05) is 5.32 Å². The lowest BCUT2D eigenvalue weighted by Crippen LogP contribution is -2.25. The monoisotopic (exact) mass is 407 g/mol. The molecule has 0 saturated carbocycles. The maximum absolute atomic E-state index is 12.8. The van der Waals surface area contributed by atoms with Gasteiger partial charge in [0, 0.05) is 9.92 Å². The average molecular weight is 408 g/mol. The van der Waals surface area contributed by atoms with Gasteiger partial charge < -0.3 is 5.32 Å². The molecule has 0 aliphatic carbocycles. The number of rotatable bonds is 5. The van der Waals surface area contributed by atoms with E-state index in [0.29, 0.717) is 11.4 Å². The highest BCUT2D eigenvalue weighted by atomic mass is 35.5. The predicted octanol–water partition coefficient (Wildman–Crippen LogP) is 6.52. The van der Waals surface area contributed by atoms with Gasteiger partial charge in [-0.15, -0.1) is 11.8 Å². The highest BCUT2D eigenvalue weighted by molar-refractivity contribution is 8.00. The van der Waals surface area contributed by atoms with Crippen molar-refractivity contribution < 1.29 is 18.0 Å². The number of thioether (sulfide) groups is 1. The van der Waals surface area contributed by atoms with Gasteiger partial charge in [0.25, 0.3) is 0 Å². The van der Waals surface area contributed by atoms with Crippen molar-refractivity contribution in [3.8, 4) is 0 Å². The lowest BCUT2D eigenvalue weighted by molar-refractivity contribution is -0.137. The molecule has 0 heterocycles. The molecule has 2 rings (SSSR count). The van der Waals surface area contributed by atoms with Gasteiger partial charge in [-0.1, -0.05) is 30.1 Å². The maximum Gasteiger partial charge on any atom is 0.416 e. The number of benzene rings is 2. The van der Waals surface area contributed by atoms with Crippen LogP contribution in [0.1, 0.15) is 18.9 Å². The normalized spacial score (nSPS) is 12.7. The lowest BCUT2D eigenvalue weighted by atomic mass is 10.2. The molecule has 0 aromatic heterocycles. The van der Waals surface area contributed by atoms with Crippen molar-refractivity contribution in [3.63, 3.8) is 0 Å². The molecule has 1 atom stereocenters. The topological polar surface area (TPSA) is 29.1 Å². The molecule has 2 aromatic carbocycles. The number of nitrogens with one attached hydrogen (secondary N) is 1. The van der Waals surface area contributed by atoms with Crippen LogP contribution in [0.5, 0.6) is 0 Å². The van der Waals surface area contributed by atoms with Crippen LogP contribution in [0, 0.1) is 0 Å². The molecular formula is C17H14Cl2F3NOS. The molecule has 0 spiro atoms. The summed E-state index contributed by atoms with van der Waals surface area (Å²) in [5, 5.41) is 2.64. The Kier molecular flexibility index (Phi) is 6.65. The molecule has 0 aliphatic heterocycles. The van der Waals surface area contributed by atoms with E-state index in [1.807, 2.05) is 6.92 Å². The molecule has 25 heavy (non-hydrogen) atoms. The highest BCUT2D eigenvalue weighted by Crippen LogP contribution is 2.34. The van der Waals surface area contributed by atoms with Crippen LogP contribution in [0.25, 0.3) is 0 Å². The highest BCUT2D eigenvalue weighted by Gasteiger charge is 2.31. The SMILES string of the molecule is CC[C@H](Sc1ccc(Cl)cc1)C(=O)Nc1cc(C(F)(F)F)ccc1Cl. The van der Waals surface area contributed by atoms with Gasteiger partial charge in [-0.3, -0.25) is 4.79 Å². The number of alkyl halides is 3. The summed E-state index contributed by atoms with van der Waals surface area (Å²) in [6.45, 7) is 1.82. The number of hydrogen-bond donors (Lipinski definition) is 1. The van der Waals surface area contributed by atoms with Crippen LogP contribution in [-0.4, -0.2) is 11.2 Å². The van der Waals surface area contributed by atoms with Crippen LogP contribution < -0.4 is 5.32 Å². The Morgan fingerprint density at radius 2 is 1.80 bits per heavy atom. The zero-order valence-electron chi connectivity index (χ0n) is 13.0. The number of amides is 1. The molecule has 0 radical (unpaired) electrons. The van der Waals surface area contributed by atoms with E-state index in [-0.39, 0.29) is 10.7 Å². The van der Waals surface area contributed by atoms with Crippen molar-refractivity contribution in [1.82, 2.24) is 0 Å². The fraction of sp³-hybridized carbons (Fsp3) is 0.235. The Morgan fingerprint density at radius 1 is 1.16 bits per heavy atom. The molecular weight excluding hydrogens is 394 g/mol. The first-order chi connectivity index (χ1) is 11.7. The second-order valence-electron chi connectivity index (χ2n) is 5.15. The first-order valence-electron chi connectivity index (χ1n) is 7.30. The Labute approximate surface area is 157 Å². The number of hydrogen-bond acceptors (Lipinski definition) is 2. The van der Waals surface area contributed by atoms with Crippen LogP contribution in [0.3, 0.4) is 0 Å². The Hall–Kier alpha value is -1.37. The number of anilines is 1. The molecule has 0 saturated heterocycles. The molecule has 0 unspecified atom stereocenters. The molecule has 0 fully saturated rings. The largest absolute Gasteiger partial charge is 0.416 e. The van der Waals surface area contributed by atoms with Crippen molar-refractivity contribution in [2.45, 2.75) is 29.7 Å². The predicted molar refractivity (Wildman–Crippen MR) is 96.5 cm³/mol. The fourth-order valence-electron chi connectivity index (χ4n) is 2.01. The van der Waals surface area contributed by atoms with Gasteiger partial charge >= 0.3 is 6.18 Å². The van der Waals surface area contributed by atoms with E-state index in [4.69, 9.17) is 23.2 Å². The summed E-state index contributed by atoms with van der Waals surface area (Å²) in [6, 6.07) is 9.79. The molecule has 2 nitrogen and oxygen atoms in total. The second-order valence-corrected chi connectivity index (χ2v) is 7.27. The van der Waals surface area contributed by atoms with Crippen LogP contribution in [-0.2, 0) is 11.0 Å². The summed E-state index contributed by atoms with van der Waals surface area (Å²) in [6.07, 6.45) is -4.01. The standard InChI is InChI=1S/C17H14Cl2F3NOS/c1-2-15(25-12-6-4-11(18)5-7-12)16(24)23-14-9-10(17(20,21)22)3-8-13(14)19/h3-9,15H,2H2,1H3,(H,23,24)/t15-/m0/s1. The first-order valence-corrected chi connectivity index (χ1v) is 8.94. The summed E-state index contributed by atoms with van der Waals surface area (Å²) in [7, 11) is 0. The lowest BCUT2D eigenvalue weighted by Gasteiger charge is -2.16. The summed E-state index contributed by atoms with van der Waals surface area (Å²) < 4.78 is 38.4. The second kappa shape index (κ2) is 8.34. The van der Waals surface area contributed by atoms with Crippen molar-refractivity contribution in [2.24, 2.45) is 0 Å². The zero-order valence-corrected chi connectivity index (χ0v) is 15.4. The summed E-state index contributed by atoms with van der Waals surface area (Å²) >= 11 is 13.0. The van der Waals surface area contributed by atoms with Crippen LogP contribution in [0.15, 0.2) is 47.4 Å². The van der Waals surface area contributed by atoms with Crippen molar-refractivity contribution in [1.29, 1.82) is 0 Å². The number of carbonyl (C=O) groups excluding carboxylic acids is 1. The maximum atomic E-state index is 12.8. The third-order valence-electron chi connectivity index (χ3n) is 3.31. The van der Waals surface area contributed by atoms with E-state index in [9.17, 15) is 18.0 Å². The van der Waals surface area contributed by atoms with Gasteiger partial charge in [-0.05, 0) is 48.9 Å². The molecule has 2 aromatic rings. The van der Waals surface area contributed by atoms with E-state index >= 15 is 0 Å². The van der Waals surface area contributed by atoms with Crippen molar-refractivity contribution in [3.05, 3.63) is 58.1 Å². The molecule has 0 aliphatic rings. The minimum atomic E-state index is -4.51. The molecule has 1 N–H and O–H groups in total. The Morgan fingerprint density at radius 3 is 2.36 bits per heavy atom. The molecule has 1 amide bonds. The Balaban J connectivity index is 2.15. The first kappa shape index (κ1) is 19.9. The third kappa shape index (κ3) is 5.56. The van der Waals surface area contributed by atoms with E-state index in [1.165, 1.54) is 11.8 Å². The number of carbonyl (C=O) groups is 1. The van der Waals surface area contributed by atoms with Crippen LogP contribution >= 0.6 is 35.0 Å². The molecule has 8 heteroatoms. The molecule has 0 bridgehead atoms. The Bertz CT molecular complexity index is 751. The van der Waals surface area contributed by atoms with E-state index in [2.05, 4.69) is 5.32 Å². The summed E-state index contributed by atoms with van der Waals surface area (Å²) in [4.78, 5) is 13.3. The van der Waals surface area contributed by atoms with E-state index in [0.717, 1.165) is 23.1 Å². The smallest absolute Gasteiger partial charge is 0.324 e. The van der Waals surface area contributed by atoms with Gasteiger partial charge in [0.15, 0.2) is 0 Å². The summed E-state index contributed by atoms with van der Waals surface area (Å²) in [5.41, 5.74) is -0.928. The van der Waals surface area contributed by atoms with Gasteiger partial charge in [0.05, 0.1) is 21.5 Å². The van der Waals surface area contributed by atoms with Crippen LogP contribution in [0.2, 0.25) is 10.0 Å². The van der Waals surface area contributed by atoms with Gasteiger partial charge in [0.2, 0.25) is 5.91 Å². The van der Waals surface area contributed by atoms with Gasteiger partial charge in [-0.2, -0.15) is 13.2 Å². The minimum Gasteiger partial charge on any atom is -0.324 e. The van der Waals surface area contributed by atoms with E-state index < -0.39 is 22.9 Å². The summed E-state index contributed by atoms with van der Waals surface area (Å²) in [5.74, 6) is -0.413. The average Bonchev–Trinajstić information content (AvgIpc) is 2.55. The van der Waals surface area contributed by atoms with Crippen molar-refractivity contribution >= 4 is 46.6 Å². The molecule has 134 valence electrons. The third-order valence-corrected chi connectivity index (χ3v) is 5.26. The van der Waals surface area contributed by atoms with Gasteiger partial charge in [-0.25, -0.2) is 0 Å². The minimum absolute atomic E-state index is 0.0488. The van der Waals surface area contributed by atoms with Gasteiger partial charge in [0.1, 0.15) is 0 Å². The zero-order chi connectivity index (χ0) is 18.6. The quantitative estimate of drug-likeness (QED) is 0.571. The number of halogens is 5.